The fourth-order valence-corrected chi connectivity index (χ4v) is 3.88. The molecule has 5 nitrogen and oxygen atoms in total. The molecule has 2 aromatic rings. The van der Waals surface area contributed by atoms with Crippen LogP contribution in [0.5, 0.6) is 0 Å². The second-order valence-electron chi connectivity index (χ2n) is 5.90. The van der Waals surface area contributed by atoms with Crippen LogP contribution in [0.3, 0.4) is 0 Å². The van der Waals surface area contributed by atoms with Crippen molar-refractivity contribution in [2.24, 2.45) is 5.92 Å². The Morgan fingerprint density at radius 1 is 1.44 bits per heavy atom. The molecule has 0 bridgehead atoms. The van der Waals surface area contributed by atoms with E-state index in [-0.39, 0.29) is 22.9 Å². The molecule has 0 radical (unpaired) electrons. The van der Waals surface area contributed by atoms with Gasteiger partial charge in [-0.3, -0.25) is 10.1 Å². The highest BCUT2D eigenvalue weighted by Gasteiger charge is 2.26. The van der Waals surface area contributed by atoms with Gasteiger partial charge in [0, 0.05) is 23.1 Å². The molecule has 0 saturated heterocycles. The molecule has 0 fully saturated rings. The van der Waals surface area contributed by atoms with Crippen molar-refractivity contribution in [3.05, 3.63) is 63.6 Å². The Hall–Kier alpha value is -2.18. The van der Waals surface area contributed by atoms with Crippen LogP contribution in [0.2, 0.25) is 5.15 Å². The van der Waals surface area contributed by atoms with Crippen LogP contribution < -0.4 is 5.32 Å². The first-order valence-corrected chi connectivity index (χ1v) is 9.06. The SMILES string of the molecule is COC1=CC(C)C(c2csc(NC(=O)c3ccnc(Cl)c3)n2)C(C)=C1. The predicted molar refractivity (Wildman–Crippen MR) is 100 cm³/mol. The number of anilines is 1. The Labute approximate surface area is 155 Å². The summed E-state index contributed by atoms with van der Waals surface area (Å²) in [4.78, 5) is 20.8. The maximum atomic E-state index is 12.3. The smallest absolute Gasteiger partial charge is 0.257 e. The minimum atomic E-state index is -0.254. The Balaban J connectivity index is 1.76. The first kappa shape index (κ1) is 17.6. The summed E-state index contributed by atoms with van der Waals surface area (Å²) in [5.41, 5.74) is 2.59. The third-order valence-electron chi connectivity index (χ3n) is 4.10. The number of methoxy groups -OCH3 is 1. The minimum absolute atomic E-state index is 0.177. The van der Waals surface area contributed by atoms with Gasteiger partial charge in [0.2, 0.25) is 0 Å². The van der Waals surface area contributed by atoms with Crippen LogP contribution >= 0.6 is 22.9 Å². The second kappa shape index (κ2) is 7.37. The topological polar surface area (TPSA) is 64.1 Å². The van der Waals surface area contributed by atoms with Gasteiger partial charge in [-0.2, -0.15) is 0 Å². The summed E-state index contributed by atoms with van der Waals surface area (Å²) in [7, 11) is 1.67. The number of ether oxygens (including phenoxy) is 1. The van der Waals surface area contributed by atoms with Gasteiger partial charge in [0.05, 0.1) is 12.8 Å². The highest BCUT2D eigenvalue weighted by molar-refractivity contribution is 7.14. The number of allylic oxidation sites excluding steroid dienone is 3. The third-order valence-corrected chi connectivity index (χ3v) is 5.08. The van der Waals surface area contributed by atoms with E-state index in [0.29, 0.717) is 10.7 Å². The van der Waals surface area contributed by atoms with Crippen LogP contribution in [-0.2, 0) is 4.74 Å². The average Bonchev–Trinajstić information content (AvgIpc) is 3.02. The van der Waals surface area contributed by atoms with Crippen LogP contribution in [0.4, 0.5) is 5.13 Å². The number of carbonyl (C=O) groups is 1. The summed E-state index contributed by atoms with van der Waals surface area (Å²) in [5.74, 6) is 1.07. The zero-order valence-electron chi connectivity index (χ0n) is 14.1. The lowest BCUT2D eigenvalue weighted by Crippen LogP contribution is -2.15. The number of nitrogens with one attached hydrogen (secondary N) is 1. The number of amides is 1. The molecule has 0 aliphatic heterocycles. The third kappa shape index (κ3) is 3.91. The number of pyridine rings is 1. The minimum Gasteiger partial charge on any atom is -0.497 e. The molecule has 7 heteroatoms. The van der Waals surface area contributed by atoms with Gasteiger partial charge in [-0.1, -0.05) is 24.1 Å². The highest BCUT2D eigenvalue weighted by atomic mass is 35.5. The first-order chi connectivity index (χ1) is 12.0. The molecule has 0 saturated carbocycles. The van der Waals surface area contributed by atoms with Gasteiger partial charge in [-0.15, -0.1) is 11.3 Å². The van der Waals surface area contributed by atoms with Gasteiger partial charge >= 0.3 is 0 Å². The van der Waals surface area contributed by atoms with Crippen molar-refractivity contribution >= 4 is 34.0 Å². The summed E-state index contributed by atoms with van der Waals surface area (Å²) in [5, 5.41) is 5.65. The van der Waals surface area contributed by atoms with Crippen molar-refractivity contribution in [3.63, 3.8) is 0 Å². The van der Waals surface area contributed by atoms with Crippen molar-refractivity contribution in [1.82, 2.24) is 9.97 Å². The fraction of sp³-hybridized carbons (Fsp3) is 0.278. The Kier molecular flexibility index (Phi) is 5.20. The van der Waals surface area contributed by atoms with Crippen LogP contribution in [0.25, 0.3) is 0 Å². The molecule has 1 aliphatic carbocycles. The number of hydrogen-bond donors (Lipinski definition) is 1. The Bertz CT molecular complexity index is 860. The van der Waals surface area contributed by atoms with Crippen LogP contribution in [0.1, 0.15) is 35.8 Å². The number of halogens is 1. The molecule has 1 aliphatic rings. The highest BCUT2D eigenvalue weighted by Crippen LogP contribution is 2.38. The zero-order chi connectivity index (χ0) is 18.0. The maximum Gasteiger partial charge on any atom is 0.257 e. The lowest BCUT2D eigenvalue weighted by molar-refractivity contribution is 0.102. The molecular weight excluding hydrogens is 358 g/mol. The van der Waals surface area contributed by atoms with Crippen molar-refractivity contribution in [2.75, 3.05) is 12.4 Å². The van der Waals surface area contributed by atoms with E-state index in [1.807, 2.05) is 11.5 Å². The molecule has 2 atom stereocenters. The normalized spacial score (nSPS) is 19.8. The first-order valence-electron chi connectivity index (χ1n) is 7.80. The Morgan fingerprint density at radius 3 is 2.92 bits per heavy atom. The monoisotopic (exact) mass is 375 g/mol. The molecule has 2 heterocycles. The molecule has 2 aromatic heterocycles. The molecular formula is C18H18ClN3O2S. The van der Waals surface area contributed by atoms with Crippen molar-refractivity contribution in [1.29, 1.82) is 0 Å². The molecule has 1 N–H and O–H groups in total. The standard InChI is InChI=1S/C18H18ClN3O2S/c1-10-6-13(24-3)7-11(2)16(10)14-9-25-18(21-14)22-17(23)12-4-5-20-15(19)8-12/h4-10,16H,1-3H3,(H,21,22,23). The maximum absolute atomic E-state index is 12.3. The van der Waals surface area contributed by atoms with Gasteiger partial charge in [-0.25, -0.2) is 9.97 Å². The summed E-state index contributed by atoms with van der Waals surface area (Å²) in [6.07, 6.45) is 5.62. The van der Waals surface area contributed by atoms with E-state index in [4.69, 9.17) is 16.3 Å². The van der Waals surface area contributed by atoms with E-state index in [2.05, 4.69) is 35.2 Å². The number of carbonyl (C=O) groups excluding carboxylic acids is 1. The number of nitrogens with zero attached hydrogens (tertiary/aromatic N) is 2. The largest absolute Gasteiger partial charge is 0.497 e. The van der Waals surface area contributed by atoms with Crippen LogP contribution in [0, 0.1) is 5.92 Å². The summed E-state index contributed by atoms with van der Waals surface area (Å²) in [6.45, 7) is 4.21. The second-order valence-corrected chi connectivity index (χ2v) is 7.14. The lowest BCUT2D eigenvalue weighted by Gasteiger charge is -2.25. The molecule has 0 spiro atoms. The molecule has 1 amide bonds. The van der Waals surface area contributed by atoms with E-state index < -0.39 is 0 Å². The predicted octanol–water partition coefficient (Wildman–Crippen LogP) is 4.65. The number of thiazole rings is 1. The molecule has 2 unspecified atom stereocenters. The lowest BCUT2D eigenvalue weighted by atomic mass is 9.81. The summed E-state index contributed by atoms with van der Waals surface area (Å²) >= 11 is 7.24. The number of rotatable bonds is 4. The summed E-state index contributed by atoms with van der Waals surface area (Å²) < 4.78 is 5.33. The van der Waals surface area contributed by atoms with Gasteiger partial charge in [0.25, 0.3) is 5.91 Å². The molecule has 0 aromatic carbocycles. The van der Waals surface area contributed by atoms with Gasteiger partial charge in [0.1, 0.15) is 10.9 Å². The summed E-state index contributed by atoms with van der Waals surface area (Å²) in [6, 6.07) is 3.14. The number of aromatic nitrogens is 2. The van der Waals surface area contributed by atoms with Gasteiger partial charge in [-0.05, 0) is 37.1 Å². The van der Waals surface area contributed by atoms with E-state index in [9.17, 15) is 4.79 Å². The Morgan fingerprint density at radius 2 is 2.24 bits per heavy atom. The van der Waals surface area contributed by atoms with Crippen molar-refractivity contribution in [3.8, 4) is 0 Å². The molecule has 130 valence electrons. The van der Waals surface area contributed by atoms with E-state index >= 15 is 0 Å². The van der Waals surface area contributed by atoms with Gasteiger partial charge < -0.3 is 4.74 Å². The van der Waals surface area contributed by atoms with E-state index in [1.54, 1.807) is 13.2 Å². The van der Waals surface area contributed by atoms with Gasteiger partial charge in [0.15, 0.2) is 5.13 Å². The quantitative estimate of drug-likeness (QED) is 0.790. The molecule has 3 rings (SSSR count). The van der Waals surface area contributed by atoms with Crippen LogP contribution in [0.15, 0.2) is 47.2 Å². The fourth-order valence-electron chi connectivity index (χ4n) is 2.96. The van der Waals surface area contributed by atoms with Crippen molar-refractivity contribution in [2.45, 2.75) is 19.8 Å². The number of hydrogen-bond acceptors (Lipinski definition) is 5. The molecule has 25 heavy (non-hydrogen) atoms. The average molecular weight is 376 g/mol. The van der Waals surface area contributed by atoms with E-state index in [1.165, 1.54) is 29.2 Å². The van der Waals surface area contributed by atoms with Crippen LogP contribution in [-0.4, -0.2) is 23.0 Å². The van der Waals surface area contributed by atoms with Crippen molar-refractivity contribution < 1.29 is 9.53 Å². The van der Waals surface area contributed by atoms with E-state index in [0.717, 1.165) is 11.5 Å². The zero-order valence-corrected chi connectivity index (χ0v) is 15.7.